The lowest BCUT2D eigenvalue weighted by molar-refractivity contribution is 0.0342. The van der Waals surface area contributed by atoms with Crippen LogP contribution in [0.5, 0.6) is 17.2 Å². The molecule has 0 radical (unpaired) electrons. The first kappa shape index (κ1) is 41.6. The molecule has 1 aliphatic rings. The van der Waals surface area contributed by atoms with E-state index in [0.717, 1.165) is 46.0 Å². The summed E-state index contributed by atoms with van der Waals surface area (Å²) in [5.41, 5.74) is 5.34. The minimum absolute atomic E-state index is 0.0127. The van der Waals surface area contributed by atoms with Crippen molar-refractivity contribution in [3.8, 4) is 17.2 Å². The lowest BCUT2D eigenvalue weighted by Crippen LogP contribution is -2.34. The van der Waals surface area contributed by atoms with Gasteiger partial charge in [0, 0.05) is 32.3 Å². The molecule has 0 spiro atoms. The van der Waals surface area contributed by atoms with E-state index in [-0.39, 0.29) is 6.61 Å². The van der Waals surface area contributed by atoms with Gasteiger partial charge in [0.25, 0.3) is 0 Å². The van der Waals surface area contributed by atoms with Crippen molar-refractivity contribution in [3.63, 3.8) is 0 Å². The summed E-state index contributed by atoms with van der Waals surface area (Å²) in [6.07, 6.45) is 0.814. The van der Waals surface area contributed by atoms with Crippen molar-refractivity contribution in [1.29, 1.82) is 0 Å². The van der Waals surface area contributed by atoms with E-state index < -0.39 is 0 Å². The maximum Gasteiger partial charge on any atom is 0.150 e. The molecule has 13 nitrogen and oxygen atoms in total. The number of aliphatic hydroxyl groups is 1. The number of carbonyl (C=O) groups excluding carboxylic acids is 1. The van der Waals surface area contributed by atoms with Crippen LogP contribution >= 0.6 is 0 Å². The predicted molar refractivity (Wildman–Crippen MR) is 206 cm³/mol. The number of fused-ring (bicyclic) bond motifs is 2. The number of aliphatic hydroxyl groups excluding tert-OH is 1. The molecule has 292 valence electrons. The van der Waals surface area contributed by atoms with Crippen LogP contribution in [0.4, 0.5) is 17.1 Å². The van der Waals surface area contributed by atoms with Crippen molar-refractivity contribution in [3.05, 3.63) is 71.3 Å². The molecule has 0 aliphatic carbocycles. The van der Waals surface area contributed by atoms with Gasteiger partial charge in [-0.05, 0) is 67.4 Å². The van der Waals surface area contributed by atoms with Crippen molar-refractivity contribution in [1.82, 2.24) is 0 Å². The molecular formula is C40H57N3O10. The van der Waals surface area contributed by atoms with E-state index in [9.17, 15) is 4.79 Å². The quantitative estimate of drug-likeness (QED) is 0.179. The number of rotatable bonds is 14. The third kappa shape index (κ3) is 14.7. The first-order chi connectivity index (χ1) is 26.0. The molecule has 0 fully saturated rings. The fourth-order valence-corrected chi connectivity index (χ4v) is 5.66. The lowest BCUT2D eigenvalue weighted by atomic mass is 10.2. The van der Waals surface area contributed by atoms with Crippen LogP contribution in [-0.2, 0) is 23.7 Å². The molecule has 0 aromatic heterocycles. The minimum atomic E-state index is -0.0127. The molecule has 0 atom stereocenters. The molecule has 0 unspecified atom stereocenters. The van der Waals surface area contributed by atoms with Crippen LogP contribution in [-0.4, -0.2) is 137 Å². The number of carbonyl (C=O) groups is 1. The number of hydrogen-bond donors (Lipinski definition) is 2. The molecule has 13 heteroatoms. The molecule has 1 aliphatic heterocycles. The zero-order valence-corrected chi connectivity index (χ0v) is 31.5. The largest absolute Gasteiger partial charge is 0.490 e. The van der Waals surface area contributed by atoms with Gasteiger partial charge in [0.2, 0.25) is 0 Å². The van der Waals surface area contributed by atoms with Crippen LogP contribution in [0.3, 0.4) is 0 Å². The maximum absolute atomic E-state index is 11.7. The molecule has 3 aromatic rings. The van der Waals surface area contributed by atoms with Gasteiger partial charge in [-0.1, -0.05) is 12.1 Å². The Kier molecular flexibility index (Phi) is 19.1. The first-order valence-corrected chi connectivity index (χ1v) is 18.4. The van der Waals surface area contributed by atoms with Crippen molar-refractivity contribution in [2.45, 2.75) is 13.8 Å². The van der Waals surface area contributed by atoms with Crippen LogP contribution in [0.2, 0.25) is 0 Å². The Morgan fingerprint density at radius 2 is 1.43 bits per heavy atom. The standard InChI is InChI=1S/C40H57N3O10/c1-32-4-7-35-38(28-32)51-19-13-43(37-9-6-34(31-45)30-40(37)53-27-22-46-3)14-20-52-39-29-33(2)5-8-36(39)42(12-18-49-25-26-50-21-15-44)11-17-48-24-23-47-16-10-41-35/h4-9,28-31,41,44H,10-27H2,1-3H3. The molecule has 0 amide bonds. The molecule has 3 aromatic carbocycles. The first-order valence-electron chi connectivity index (χ1n) is 18.4. The highest BCUT2D eigenvalue weighted by Gasteiger charge is 2.18. The average molecular weight is 740 g/mol. The van der Waals surface area contributed by atoms with Gasteiger partial charge in [-0.3, -0.25) is 4.79 Å². The zero-order chi connectivity index (χ0) is 37.5. The summed E-state index contributed by atoms with van der Waals surface area (Å²) < 4.78 is 47.4. The molecule has 4 rings (SSSR count). The van der Waals surface area contributed by atoms with Gasteiger partial charge in [-0.25, -0.2) is 0 Å². The fourth-order valence-electron chi connectivity index (χ4n) is 5.66. The monoisotopic (exact) mass is 739 g/mol. The van der Waals surface area contributed by atoms with Crippen LogP contribution in [0.15, 0.2) is 54.6 Å². The van der Waals surface area contributed by atoms with Gasteiger partial charge in [-0.15, -0.1) is 0 Å². The number of anilines is 3. The van der Waals surface area contributed by atoms with E-state index in [0.29, 0.717) is 123 Å². The molecule has 0 bridgehead atoms. The van der Waals surface area contributed by atoms with Gasteiger partial charge in [-0.2, -0.15) is 0 Å². The Labute approximate surface area is 314 Å². The normalized spacial score (nSPS) is 15.2. The summed E-state index contributed by atoms with van der Waals surface area (Å²) in [6, 6.07) is 17.7. The second kappa shape index (κ2) is 24.3. The van der Waals surface area contributed by atoms with Crippen molar-refractivity contribution in [2.75, 3.05) is 141 Å². The van der Waals surface area contributed by atoms with E-state index in [1.54, 1.807) is 19.2 Å². The van der Waals surface area contributed by atoms with Crippen molar-refractivity contribution < 1.29 is 47.8 Å². The highest BCUT2D eigenvalue weighted by atomic mass is 16.5. The van der Waals surface area contributed by atoms with Crippen molar-refractivity contribution >= 4 is 23.3 Å². The summed E-state index contributed by atoms with van der Waals surface area (Å²) in [6.45, 7) is 12.0. The summed E-state index contributed by atoms with van der Waals surface area (Å²) >= 11 is 0. The third-order valence-corrected chi connectivity index (χ3v) is 8.39. The predicted octanol–water partition coefficient (Wildman–Crippen LogP) is 4.40. The van der Waals surface area contributed by atoms with Crippen LogP contribution in [0.1, 0.15) is 21.5 Å². The number of nitrogens with zero attached hydrogens (tertiary/aromatic N) is 2. The van der Waals surface area contributed by atoms with E-state index in [2.05, 4.69) is 33.3 Å². The Balaban J connectivity index is 1.58. The number of aryl methyl sites for hydroxylation is 2. The SMILES string of the molecule is COCCOc1cc(C=O)ccc1N1CCOc2cc(C)ccc2NCCOCCOCCN(CCOCCOCCO)c2ccc(C)cc2OCC1. The minimum Gasteiger partial charge on any atom is -0.490 e. The van der Waals surface area contributed by atoms with E-state index in [1.807, 2.05) is 38.1 Å². The average Bonchev–Trinajstić information content (AvgIpc) is 3.16. The van der Waals surface area contributed by atoms with E-state index in [1.165, 1.54) is 0 Å². The Morgan fingerprint density at radius 3 is 2.19 bits per heavy atom. The number of methoxy groups -OCH3 is 1. The van der Waals surface area contributed by atoms with Gasteiger partial charge >= 0.3 is 0 Å². The maximum atomic E-state index is 11.7. The highest BCUT2D eigenvalue weighted by molar-refractivity contribution is 5.78. The Bertz CT molecular complexity index is 1490. The van der Waals surface area contributed by atoms with Crippen molar-refractivity contribution in [2.24, 2.45) is 0 Å². The van der Waals surface area contributed by atoms with Crippen LogP contribution < -0.4 is 29.3 Å². The number of hydrogen-bond acceptors (Lipinski definition) is 13. The van der Waals surface area contributed by atoms with Gasteiger partial charge in [0.05, 0.1) is 96.2 Å². The van der Waals surface area contributed by atoms with Gasteiger partial charge < -0.3 is 58.1 Å². The smallest absolute Gasteiger partial charge is 0.150 e. The van der Waals surface area contributed by atoms with E-state index >= 15 is 0 Å². The van der Waals surface area contributed by atoms with Crippen LogP contribution in [0, 0.1) is 13.8 Å². The van der Waals surface area contributed by atoms with E-state index in [4.69, 9.17) is 43.0 Å². The number of aldehydes is 1. The highest BCUT2D eigenvalue weighted by Crippen LogP contribution is 2.32. The molecular weight excluding hydrogens is 682 g/mol. The van der Waals surface area contributed by atoms with Crippen LogP contribution in [0.25, 0.3) is 0 Å². The lowest BCUT2D eigenvalue weighted by Gasteiger charge is -2.29. The second-order valence-electron chi connectivity index (χ2n) is 12.4. The topological polar surface area (TPSA) is 130 Å². The fraction of sp³-hybridized carbons (Fsp3) is 0.525. The second-order valence-corrected chi connectivity index (χ2v) is 12.4. The molecule has 0 saturated heterocycles. The summed E-state index contributed by atoms with van der Waals surface area (Å²) in [7, 11) is 1.62. The number of nitrogens with one attached hydrogen (secondary N) is 1. The summed E-state index contributed by atoms with van der Waals surface area (Å²) in [5, 5.41) is 12.4. The van der Waals surface area contributed by atoms with Gasteiger partial charge in [0.15, 0.2) is 0 Å². The molecule has 0 saturated carbocycles. The third-order valence-electron chi connectivity index (χ3n) is 8.39. The molecule has 53 heavy (non-hydrogen) atoms. The van der Waals surface area contributed by atoms with Gasteiger partial charge in [0.1, 0.15) is 43.4 Å². The summed E-state index contributed by atoms with van der Waals surface area (Å²) in [5.74, 6) is 2.10. The molecule has 1 heterocycles. The number of benzene rings is 3. The Morgan fingerprint density at radius 1 is 0.736 bits per heavy atom. The summed E-state index contributed by atoms with van der Waals surface area (Å²) in [4.78, 5) is 16.1. The zero-order valence-electron chi connectivity index (χ0n) is 31.5. The molecule has 2 N–H and O–H groups in total. The number of ether oxygens (including phenoxy) is 8. The Hall–Kier alpha value is -4.11.